The zero-order chi connectivity index (χ0) is 23.9. The average molecular weight is 464 g/mol. The third-order valence-corrected chi connectivity index (χ3v) is 6.60. The molecule has 0 bridgehead atoms. The van der Waals surface area contributed by atoms with Crippen molar-refractivity contribution in [3.05, 3.63) is 73.5 Å². The fraction of sp³-hybridized carbons (Fsp3) is 0.304. The number of hydrogen-bond acceptors (Lipinski definition) is 7. The first-order valence-corrected chi connectivity index (χ1v) is 11.3. The van der Waals surface area contributed by atoms with E-state index >= 15 is 0 Å². The van der Waals surface area contributed by atoms with Crippen molar-refractivity contribution < 1.29 is 4.79 Å². The predicted molar refractivity (Wildman–Crippen MR) is 127 cm³/mol. The number of aryl methyl sites for hydroxylation is 5. The second-order valence-electron chi connectivity index (χ2n) is 7.99. The quantitative estimate of drug-likeness (QED) is 0.488. The van der Waals surface area contributed by atoms with Gasteiger partial charge in [-0.1, -0.05) is 6.07 Å². The van der Waals surface area contributed by atoms with Gasteiger partial charge >= 0.3 is 0 Å². The molecule has 0 aliphatic rings. The predicted octanol–water partition coefficient (Wildman–Crippen LogP) is 2.96. The average Bonchev–Trinajstić information content (AvgIpc) is 3.32. The maximum absolute atomic E-state index is 12.9. The van der Waals surface area contributed by atoms with Crippen LogP contribution in [0.1, 0.15) is 43.6 Å². The van der Waals surface area contributed by atoms with Gasteiger partial charge < -0.3 is 5.32 Å². The van der Waals surface area contributed by atoms with Gasteiger partial charge in [-0.25, -0.2) is 19.3 Å². The number of pyridine rings is 1. The first-order valence-electron chi connectivity index (χ1n) is 10.4. The molecule has 0 unspecified atom stereocenters. The highest BCUT2D eigenvalue weighted by Crippen LogP contribution is 2.28. The van der Waals surface area contributed by atoms with E-state index in [1.54, 1.807) is 24.9 Å². The van der Waals surface area contributed by atoms with Gasteiger partial charge in [-0.3, -0.25) is 9.59 Å². The lowest BCUT2D eigenvalue weighted by molar-refractivity contribution is 0.0954. The lowest BCUT2D eigenvalue weighted by Crippen LogP contribution is -2.23. The normalized spacial score (nSPS) is 11.1. The Morgan fingerprint density at radius 2 is 1.85 bits per heavy atom. The van der Waals surface area contributed by atoms with Crippen molar-refractivity contribution in [3.63, 3.8) is 0 Å². The van der Waals surface area contributed by atoms with Crippen LogP contribution in [-0.2, 0) is 13.6 Å². The van der Waals surface area contributed by atoms with Gasteiger partial charge in [0.2, 0.25) is 0 Å². The molecule has 0 saturated heterocycles. The van der Waals surface area contributed by atoms with E-state index in [4.69, 9.17) is 0 Å². The first kappa shape index (κ1) is 22.5. The van der Waals surface area contributed by atoms with Gasteiger partial charge in [0.1, 0.15) is 9.88 Å². The third-order valence-electron chi connectivity index (χ3n) is 5.43. The summed E-state index contributed by atoms with van der Waals surface area (Å²) in [6, 6.07) is 5.78. The molecule has 1 N–H and O–H groups in total. The van der Waals surface area contributed by atoms with E-state index in [2.05, 4.69) is 25.5 Å². The molecule has 4 rings (SSSR count). The van der Waals surface area contributed by atoms with E-state index in [0.717, 1.165) is 34.0 Å². The summed E-state index contributed by atoms with van der Waals surface area (Å²) in [4.78, 5) is 35.0. The molecule has 4 aromatic rings. The van der Waals surface area contributed by atoms with Crippen LogP contribution in [0.15, 0.2) is 29.2 Å². The standard InChI is InChI=1S/C23H25N7O2S/c1-12-9-13(2)30(27-12)18-8-7-17(10-24-18)11-25-21(31)20-16(5)26-22(33-20)19-14(3)15(4)28-29(6)23(19)32/h7-10H,11H2,1-6H3,(H,25,31). The maximum atomic E-state index is 12.9. The van der Waals surface area contributed by atoms with E-state index in [9.17, 15) is 9.59 Å². The molecule has 10 heteroatoms. The highest BCUT2D eigenvalue weighted by molar-refractivity contribution is 7.17. The number of carbonyl (C=O) groups excluding carboxylic acids is 1. The Morgan fingerprint density at radius 1 is 1.09 bits per heavy atom. The van der Waals surface area contributed by atoms with Gasteiger partial charge in [-0.05, 0) is 57.9 Å². The summed E-state index contributed by atoms with van der Waals surface area (Å²) >= 11 is 1.21. The molecule has 0 aliphatic heterocycles. The summed E-state index contributed by atoms with van der Waals surface area (Å²) in [6.45, 7) is 9.71. The van der Waals surface area contributed by atoms with Gasteiger partial charge in [-0.15, -0.1) is 11.3 Å². The molecule has 1 amide bonds. The minimum atomic E-state index is -0.237. The zero-order valence-electron chi connectivity index (χ0n) is 19.4. The molecule has 33 heavy (non-hydrogen) atoms. The van der Waals surface area contributed by atoms with Gasteiger partial charge in [0.15, 0.2) is 5.82 Å². The summed E-state index contributed by atoms with van der Waals surface area (Å²) in [5.41, 5.74) is 5.17. The van der Waals surface area contributed by atoms with Gasteiger partial charge in [-0.2, -0.15) is 10.2 Å². The Bertz CT molecular complexity index is 1410. The highest BCUT2D eigenvalue weighted by atomic mass is 32.1. The second-order valence-corrected chi connectivity index (χ2v) is 8.99. The Labute approximate surface area is 195 Å². The molecule has 9 nitrogen and oxygen atoms in total. The number of nitrogens with zero attached hydrogens (tertiary/aromatic N) is 6. The highest BCUT2D eigenvalue weighted by Gasteiger charge is 2.21. The molecule has 0 aliphatic carbocycles. The van der Waals surface area contributed by atoms with Crippen molar-refractivity contribution in [1.82, 2.24) is 34.8 Å². The van der Waals surface area contributed by atoms with Crippen molar-refractivity contribution >= 4 is 17.2 Å². The third kappa shape index (κ3) is 4.34. The minimum absolute atomic E-state index is 0.229. The molecule has 0 spiro atoms. The van der Waals surface area contributed by atoms with E-state index in [1.165, 1.54) is 16.0 Å². The Balaban J connectivity index is 1.51. The fourth-order valence-electron chi connectivity index (χ4n) is 3.58. The number of amides is 1. The van der Waals surface area contributed by atoms with Crippen molar-refractivity contribution in [2.24, 2.45) is 7.05 Å². The topological polar surface area (TPSA) is 108 Å². The number of hydrogen-bond donors (Lipinski definition) is 1. The van der Waals surface area contributed by atoms with Crippen LogP contribution < -0.4 is 10.9 Å². The Morgan fingerprint density at radius 3 is 2.48 bits per heavy atom. The maximum Gasteiger partial charge on any atom is 0.277 e. The number of thiazole rings is 1. The SMILES string of the molecule is Cc1cc(C)n(-c2ccc(CNC(=O)c3sc(-c4c(C)c(C)nn(C)c4=O)nc3C)cn2)n1. The number of aromatic nitrogens is 6. The summed E-state index contributed by atoms with van der Waals surface area (Å²) in [5.74, 6) is 0.488. The van der Waals surface area contributed by atoms with Crippen LogP contribution in [0.5, 0.6) is 0 Å². The van der Waals surface area contributed by atoms with Crippen molar-refractivity contribution in [1.29, 1.82) is 0 Å². The van der Waals surface area contributed by atoms with Crippen LogP contribution in [0.4, 0.5) is 0 Å². The van der Waals surface area contributed by atoms with Crippen LogP contribution in [0, 0.1) is 34.6 Å². The van der Waals surface area contributed by atoms with E-state index in [-0.39, 0.29) is 11.5 Å². The fourth-order valence-corrected chi connectivity index (χ4v) is 4.66. The van der Waals surface area contributed by atoms with Crippen LogP contribution >= 0.6 is 11.3 Å². The molecule has 0 radical (unpaired) electrons. The van der Waals surface area contributed by atoms with Gasteiger partial charge in [0, 0.05) is 25.5 Å². The Kier molecular flexibility index (Phi) is 5.94. The first-order chi connectivity index (χ1) is 15.7. The molecule has 0 aromatic carbocycles. The molecule has 170 valence electrons. The molecular weight excluding hydrogens is 438 g/mol. The summed E-state index contributed by atoms with van der Waals surface area (Å²) < 4.78 is 3.09. The number of nitrogens with one attached hydrogen (secondary N) is 1. The van der Waals surface area contributed by atoms with Crippen LogP contribution in [-0.4, -0.2) is 35.4 Å². The Hall–Kier alpha value is -3.66. The molecule has 4 heterocycles. The minimum Gasteiger partial charge on any atom is -0.347 e. The molecule has 4 aromatic heterocycles. The van der Waals surface area contributed by atoms with Crippen molar-refractivity contribution in [3.8, 4) is 16.4 Å². The van der Waals surface area contributed by atoms with Crippen molar-refractivity contribution in [2.75, 3.05) is 0 Å². The molecule has 0 atom stereocenters. The molecule has 0 saturated carbocycles. The van der Waals surface area contributed by atoms with E-state index in [1.807, 2.05) is 45.9 Å². The second kappa shape index (κ2) is 8.70. The smallest absolute Gasteiger partial charge is 0.277 e. The van der Waals surface area contributed by atoms with Gasteiger partial charge in [0.05, 0.1) is 22.6 Å². The summed E-state index contributed by atoms with van der Waals surface area (Å²) in [5, 5.41) is 12.1. The lowest BCUT2D eigenvalue weighted by Gasteiger charge is -2.07. The van der Waals surface area contributed by atoms with E-state index in [0.29, 0.717) is 27.7 Å². The monoisotopic (exact) mass is 463 g/mol. The van der Waals surface area contributed by atoms with Crippen molar-refractivity contribution in [2.45, 2.75) is 41.2 Å². The van der Waals surface area contributed by atoms with Gasteiger partial charge in [0.25, 0.3) is 11.5 Å². The van der Waals surface area contributed by atoms with E-state index < -0.39 is 0 Å². The largest absolute Gasteiger partial charge is 0.347 e. The van der Waals surface area contributed by atoms with Crippen LogP contribution in [0.3, 0.4) is 0 Å². The summed E-state index contributed by atoms with van der Waals surface area (Å²) in [7, 11) is 1.61. The summed E-state index contributed by atoms with van der Waals surface area (Å²) in [6.07, 6.45) is 1.73. The number of rotatable bonds is 5. The van der Waals surface area contributed by atoms with Crippen LogP contribution in [0.25, 0.3) is 16.4 Å². The van der Waals surface area contributed by atoms with Crippen LogP contribution in [0.2, 0.25) is 0 Å². The lowest BCUT2D eigenvalue weighted by atomic mass is 10.1. The zero-order valence-corrected chi connectivity index (χ0v) is 20.2. The molecular formula is C23H25N7O2S. The molecule has 0 fully saturated rings. The number of carbonyl (C=O) groups is 1.